The van der Waals surface area contributed by atoms with E-state index >= 15 is 0 Å². The average Bonchev–Trinajstić information content (AvgIpc) is 3.14. The van der Waals surface area contributed by atoms with E-state index in [1.54, 1.807) is 17.5 Å². The molecule has 0 fully saturated rings. The Labute approximate surface area is 142 Å². The number of aromatic nitrogens is 2. The summed E-state index contributed by atoms with van der Waals surface area (Å²) in [5.74, 6) is -2.87. The Morgan fingerprint density at radius 2 is 2.23 bits per heavy atom. The Balaban J connectivity index is 1.99. The van der Waals surface area contributed by atoms with Gasteiger partial charge in [0.15, 0.2) is 0 Å². The van der Waals surface area contributed by atoms with Gasteiger partial charge in [0, 0.05) is 17.8 Å². The van der Waals surface area contributed by atoms with Crippen LogP contribution in [0.5, 0.6) is 0 Å². The minimum absolute atomic E-state index is 0.00433. The number of rotatable bonds is 5. The summed E-state index contributed by atoms with van der Waals surface area (Å²) >= 11 is 5.95. The van der Waals surface area contributed by atoms with Crippen LogP contribution in [-0.2, 0) is 12.5 Å². The fourth-order valence-electron chi connectivity index (χ4n) is 1.99. The number of nitrogens with zero attached hydrogens (tertiary/aromatic N) is 2. The molecule has 3 heterocycles. The highest BCUT2D eigenvalue weighted by Gasteiger charge is 2.35. The van der Waals surface area contributed by atoms with Gasteiger partial charge >= 0.3 is 0 Å². The first-order chi connectivity index (χ1) is 10.5. The van der Waals surface area contributed by atoms with Gasteiger partial charge in [-0.3, -0.25) is 0 Å². The third-order valence-electron chi connectivity index (χ3n) is 3.23. The van der Waals surface area contributed by atoms with Crippen LogP contribution in [-0.4, -0.2) is 10.2 Å². The normalized spacial score (nSPS) is 12.0. The second kappa shape index (κ2) is 6.17. The molecule has 1 N–H and O–H groups in total. The summed E-state index contributed by atoms with van der Waals surface area (Å²) in [5, 5.41) is 13.2. The molecule has 0 aromatic carbocycles. The number of anilines is 1. The monoisotopic (exact) mass is 403 g/mol. The maximum Gasteiger partial charge on any atom is 0.283 e. The van der Waals surface area contributed by atoms with E-state index in [4.69, 9.17) is 0 Å². The molecule has 0 bridgehead atoms. The summed E-state index contributed by atoms with van der Waals surface area (Å²) in [6, 6.07) is 3.99. The van der Waals surface area contributed by atoms with Crippen molar-refractivity contribution in [3.63, 3.8) is 0 Å². The maximum absolute atomic E-state index is 14.0. The first-order valence-electron chi connectivity index (χ1n) is 6.61. The molecule has 0 saturated carbocycles. The van der Waals surface area contributed by atoms with E-state index in [9.17, 15) is 8.78 Å². The van der Waals surface area contributed by atoms with Gasteiger partial charge in [-0.05, 0) is 27.4 Å². The van der Waals surface area contributed by atoms with Gasteiger partial charge in [0.1, 0.15) is 5.52 Å². The second-order valence-corrected chi connectivity index (χ2v) is 7.52. The number of halogens is 3. The summed E-state index contributed by atoms with van der Waals surface area (Å²) in [6.45, 7) is 2.10. The van der Waals surface area contributed by atoms with Gasteiger partial charge in [0.25, 0.3) is 5.92 Å². The Kier molecular flexibility index (Phi) is 4.42. The number of thiophene rings is 2. The lowest BCUT2D eigenvalue weighted by atomic mass is 10.2. The van der Waals surface area contributed by atoms with Crippen LogP contribution in [0, 0.1) is 0 Å². The molecule has 0 aliphatic carbocycles. The van der Waals surface area contributed by atoms with Gasteiger partial charge in [0.05, 0.1) is 25.9 Å². The van der Waals surface area contributed by atoms with E-state index in [0.717, 1.165) is 17.0 Å². The highest BCUT2D eigenvalue weighted by molar-refractivity contribution is 9.10. The molecular weight excluding hydrogens is 392 g/mol. The molecule has 0 amide bonds. The largest absolute Gasteiger partial charge is 0.378 e. The smallest absolute Gasteiger partial charge is 0.283 e. The van der Waals surface area contributed by atoms with Crippen molar-refractivity contribution in [3.8, 4) is 0 Å². The fraction of sp³-hybridized carbons (Fsp3) is 0.286. The van der Waals surface area contributed by atoms with Gasteiger partial charge < -0.3 is 5.32 Å². The van der Waals surface area contributed by atoms with Gasteiger partial charge in [-0.15, -0.1) is 27.8 Å². The lowest BCUT2D eigenvalue weighted by Gasteiger charge is -2.11. The Morgan fingerprint density at radius 1 is 1.41 bits per heavy atom. The lowest BCUT2D eigenvalue weighted by molar-refractivity contribution is -0.00499. The van der Waals surface area contributed by atoms with Crippen molar-refractivity contribution >= 4 is 54.5 Å². The van der Waals surface area contributed by atoms with E-state index in [0.29, 0.717) is 21.2 Å². The van der Waals surface area contributed by atoms with Crippen molar-refractivity contribution in [2.75, 3.05) is 5.32 Å². The lowest BCUT2D eigenvalue weighted by Crippen LogP contribution is -2.09. The zero-order chi connectivity index (χ0) is 15.7. The number of nitrogens with one attached hydrogen (secondary N) is 1. The van der Waals surface area contributed by atoms with Crippen LogP contribution in [0.1, 0.15) is 23.1 Å². The summed E-state index contributed by atoms with van der Waals surface area (Å²) in [7, 11) is 0. The Bertz CT molecular complexity index is 787. The summed E-state index contributed by atoms with van der Waals surface area (Å²) < 4.78 is 29.1. The third-order valence-corrected chi connectivity index (χ3v) is 6.46. The molecule has 3 rings (SSSR count). The molecular formula is C14H12BrF2N3S2. The SMILES string of the molecule is CCC(F)(F)c1sc2c(NCc3cccs3)cnnc2c1Br. The zero-order valence-electron chi connectivity index (χ0n) is 11.6. The fourth-order valence-corrected chi connectivity index (χ4v) is 4.74. The zero-order valence-corrected chi connectivity index (χ0v) is 14.8. The van der Waals surface area contributed by atoms with Gasteiger partial charge in [0.2, 0.25) is 0 Å². The van der Waals surface area contributed by atoms with Crippen molar-refractivity contribution < 1.29 is 8.78 Å². The highest BCUT2D eigenvalue weighted by atomic mass is 79.9. The number of fused-ring (bicyclic) bond motifs is 1. The van der Waals surface area contributed by atoms with Gasteiger partial charge in [-0.25, -0.2) is 8.78 Å². The first kappa shape index (κ1) is 15.8. The maximum atomic E-state index is 14.0. The van der Waals surface area contributed by atoms with Crippen molar-refractivity contribution in [2.45, 2.75) is 25.8 Å². The highest BCUT2D eigenvalue weighted by Crippen LogP contribution is 2.46. The van der Waals surface area contributed by atoms with E-state index in [1.807, 2.05) is 17.5 Å². The first-order valence-corrected chi connectivity index (χ1v) is 9.10. The quantitative estimate of drug-likeness (QED) is 0.599. The predicted molar refractivity (Wildman–Crippen MR) is 90.9 cm³/mol. The number of alkyl halides is 2. The minimum Gasteiger partial charge on any atom is -0.378 e. The standard InChI is InChI=1S/C14H12BrF2N3S2/c1-2-14(16,17)13-10(15)11-12(22-13)9(7-19-20-11)18-6-8-4-3-5-21-8/h3-5,7H,2,6H2,1H3,(H,18,20). The second-order valence-electron chi connectivity index (χ2n) is 4.67. The van der Waals surface area contributed by atoms with Crippen LogP contribution in [0.3, 0.4) is 0 Å². The van der Waals surface area contributed by atoms with Crippen molar-refractivity contribution in [1.82, 2.24) is 10.2 Å². The molecule has 0 atom stereocenters. The molecule has 3 aromatic rings. The summed E-state index contributed by atoms with van der Waals surface area (Å²) in [4.78, 5) is 1.17. The van der Waals surface area contributed by atoms with Crippen molar-refractivity contribution in [3.05, 3.63) is 37.9 Å². The summed E-state index contributed by atoms with van der Waals surface area (Å²) in [6.07, 6.45) is 1.33. The molecule has 116 valence electrons. The Morgan fingerprint density at radius 3 is 2.91 bits per heavy atom. The Hall–Kier alpha value is -1.12. The molecule has 3 aromatic heterocycles. The van der Waals surface area contributed by atoms with Crippen molar-refractivity contribution in [1.29, 1.82) is 0 Å². The van der Waals surface area contributed by atoms with Crippen LogP contribution in [0.2, 0.25) is 0 Å². The van der Waals surface area contributed by atoms with Gasteiger partial charge in [-0.2, -0.15) is 5.10 Å². The molecule has 8 heteroatoms. The molecule has 22 heavy (non-hydrogen) atoms. The molecule has 0 spiro atoms. The van der Waals surface area contributed by atoms with Crippen LogP contribution >= 0.6 is 38.6 Å². The van der Waals surface area contributed by atoms with Crippen molar-refractivity contribution in [2.24, 2.45) is 0 Å². The molecule has 0 saturated heterocycles. The molecule has 0 unspecified atom stereocenters. The molecule has 0 aliphatic heterocycles. The van der Waals surface area contributed by atoms with Crippen LogP contribution in [0.4, 0.5) is 14.5 Å². The third kappa shape index (κ3) is 2.87. The molecule has 0 radical (unpaired) electrons. The topological polar surface area (TPSA) is 37.8 Å². The van der Waals surface area contributed by atoms with E-state index in [1.165, 1.54) is 11.8 Å². The van der Waals surface area contributed by atoms with Crippen LogP contribution in [0.15, 0.2) is 28.2 Å². The van der Waals surface area contributed by atoms with E-state index in [-0.39, 0.29) is 11.3 Å². The minimum atomic E-state index is -2.87. The van der Waals surface area contributed by atoms with Crippen LogP contribution < -0.4 is 5.32 Å². The predicted octanol–water partition coefficient (Wildman–Crippen LogP) is 5.63. The van der Waals surface area contributed by atoms with Gasteiger partial charge in [-0.1, -0.05) is 13.0 Å². The molecule has 0 aliphatic rings. The number of hydrogen-bond donors (Lipinski definition) is 1. The average molecular weight is 404 g/mol. The molecule has 3 nitrogen and oxygen atoms in total. The van der Waals surface area contributed by atoms with E-state index in [2.05, 4.69) is 31.4 Å². The summed E-state index contributed by atoms with van der Waals surface area (Å²) in [5.41, 5.74) is 1.20. The number of hydrogen-bond acceptors (Lipinski definition) is 5. The van der Waals surface area contributed by atoms with Crippen LogP contribution in [0.25, 0.3) is 10.2 Å². The van der Waals surface area contributed by atoms with E-state index < -0.39 is 5.92 Å².